The highest BCUT2D eigenvalue weighted by Crippen LogP contribution is 2.48. The third kappa shape index (κ3) is 2.84. The second kappa shape index (κ2) is 5.44. The summed E-state index contributed by atoms with van der Waals surface area (Å²) in [7, 11) is 0. The molecule has 0 aromatic carbocycles. The molecule has 6 atom stereocenters. The molecule has 2 aliphatic heterocycles. The normalized spacial score (nSPS) is 38.6. The van der Waals surface area contributed by atoms with E-state index in [4.69, 9.17) is 14.2 Å². The van der Waals surface area contributed by atoms with Gasteiger partial charge in [0.2, 0.25) is 6.29 Å². The Labute approximate surface area is 124 Å². The fourth-order valence-corrected chi connectivity index (χ4v) is 3.96. The fourth-order valence-electron chi connectivity index (χ4n) is 3.96. The fraction of sp³-hybridized carbons (Fsp3) is 0.750. The average Bonchev–Trinajstić information content (AvgIpc) is 2.57. The van der Waals surface area contributed by atoms with Gasteiger partial charge in [-0.15, -0.1) is 0 Å². The van der Waals surface area contributed by atoms with E-state index in [0.29, 0.717) is 17.4 Å². The van der Waals surface area contributed by atoms with Crippen LogP contribution in [0.15, 0.2) is 12.2 Å². The van der Waals surface area contributed by atoms with E-state index in [2.05, 4.69) is 6.58 Å². The molecule has 5 heteroatoms. The average molecular weight is 294 g/mol. The van der Waals surface area contributed by atoms with Crippen LogP contribution in [0, 0.1) is 17.8 Å². The largest absolute Gasteiger partial charge is 0.459 e. The van der Waals surface area contributed by atoms with Crippen LogP contribution >= 0.6 is 0 Å². The topological polar surface area (TPSA) is 61.8 Å². The van der Waals surface area contributed by atoms with Crippen molar-refractivity contribution in [1.29, 1.82) is 0 Å². The van der Waals surface area contributed by atoms with Crippen molar-refractivity contribution in [1.82, 2.24) is 0 Å². The molecule has 2 saturated carbocycles. The Morgan fingerprint density at radius 3 is 2.81 bits per heavy atom. The van der Waals surface area contributed by atoms with Crippen LogP contribution in [-0.4, -0.2) is 30.4 Å². The molecule has 6 unspecified atom stereocenters. The molecule has 0 N–H and O–H groups in total. The van der Waals surface area contributed by atoms with Crippen molar-refractivity contribution < 1.29 is 23.8 Å². The molecule has 2 saturated heterocycles. The van der Waals surface area contributed by atoms with Crippen LogP contribution in [0.5, 0.6) is 0 Å². The minimum Gasteiger partial charge on any atom is -0.459 e. The van der Waals surface area contributed by atoms with E-state index in [0.717, 1.165) is 25.7 Å². The number of rotatable bonds is 4. The van der Waals surface area contributed by atoms with Crippen molar-refractivity contribution in [2.75, 3.05) is 0 Å². The van der Waals surface area contributed by atoms with Crippen LogP contribution in [0.2, 0.25) is 0 Å². The predicted molar refractivity (Wildman–Crippen MR) is 74.1 cm³/mol. The highest BCUT2D eigenvalue weighted by molar-refractivity contribution is 5.86. The van der Waals surface area contributed by atoms with Gasteiger partial charge in [-0.05, 0) is 51.4 Å². The van der Waals surface area contributed by atoms with Crippen LogP contribution in [0.3, 0.4) is 0 Å². The number of hydrogen-bond donors (Lipinski definition) is 0. The van der Waals surface area contributed by atoms with E-state index in [9.17, 15) is 9.59 Å². The highest BCUT2D eigenvalue weighted by Gasteiger charge is 2.51. The van der Waals surface area contributed by atoms with Crippen LogP contribution in [0.25, 0.3) is 0 Å². The lowest BCUT2D eigenvalue weighted by molar-refractivity contribution is -0.211. The molecular weight excluding hydrogens is 272 g/mol. The lowest BCUT2D eigenvalue weighted by Gasteiger charge is -2.42. The van der Waals surface area contributed by atoms with E-state index < -0.39 is 12.3 Å². The molecule has 0 spiro atoms. The Hall–Kier alpha value is -1.36. The van der Waals surface area contributed by atoms with Gasteiger partial charge in [0.25, 0.3) is 0 Å². The molecule has 0 amide bonds. The second-order valence-electron chi connectivity index (χ2n) is 6.60. The van der Waals surface area contributed by atoms with Crippen molar-refractivity contribution in [3.8, 4) is 0 Å². The Kier molecular flexibility index (Phi) is 3.78. The summed E-state index contributed by atoms with van der Waals surface area (Å²) in [4.78, 5) is 23.5. The molecule has 5 nitrogen and oxygen atoms in total. The van der Waals surface area contributed by atoms with Crippen LogP contribution in [0.1, 0.15) is 39.5 Å². The summed E-state index contributed by atoms with van der Waals surface area (Å²) < 4.78 is 16.7. The zero-order valence-corrected chi connectivity index (χ0v) is 12.5. The number of carbonyl (C=O) groups excluding carboxylic acids is 2. The van der Waals surface area contributed by atoms with Crippen LogP contribution in [0.4, 0.5) is 0 Å². The molecule has 116 valence electrons. The van der Waals surface area contributed by atoms with Gasteiger partial charge in [0.05, 0.1) is 5.92 Å². The zero-order valence-electron chi connectivity index (χ0n) is 12.5. The first-order valence-corrected chi connectivity index (χ1v) is 7.66. The Balaban J connectivity index is 1.67. The van der Waals surface area contributed by atoms with Gasteiger partial charge in [0, 0.05) is 5.57 Å². The van der Waals surface area contributed by atoms with Gasteiger partial charge in [0.15, 0.2) is 0 Å². The molecule has 0 aromatic heterocycles. The summed E-state index contributed by atoms with van der Waals surface area (Å²) in [5.74, 6) is 0.384. The zero-order chi connectivity index (χ0) is 15.1. The summed E-state index contributed by atoms with van der Waals surface area (Å²) in [5.41, 5.74) is 0.346. The van der Waals surface area contributed by atoms with Crippen LogP contribution < -0.4 is 0 Å². The number of esters is 2. The first-order chi connectivity index (χ1) is 9.94. The van der Waals surface area contributed by atoms with E-state index in [1.54, 1.807) is 13.8 Å². The summed E-state index contributed by atoms with van der Waals surface area (Å²) >= 11 is 0. The third-order valence-electron chi connectivity index (χ3n) is 4.81. The Bertz CT molecular complexity index is 471. The maximum Gasteiger partial charge on any atom is 0.335 e. The van der Waals surface area contributed by atoms with Gasteiger partial charge < -0.3 is 14.2 Å². The van der Waals surface area contributed by atoms with Gasteiger partial charge in [-0.2, -0.15) is 0 Å². The molecular formula is C16H22O5. The van der Waals surface area contributed by atoms with E-state index in [1.165, 1.54) is 0 Å². The van der Waals surface area contributed by atoms with E-state index >= 15 is 0 Å². The van der Waals surface area contributed by atoms with Gasteiger partial charge in [-0.3, -0.25) is 4.79 Å². The summed E-state index contributed by atoms with van der Waals surface area (Å²) in [5, 5.41) is 0. The lowest BCUT2D eigenvalue weighted by atomic mass is 9.67. The maximum absolute atomic E-state index is 12.0. The number of hydrogen-bond acceptors (Lipinski definition) is 5. The lowest BCUT2D eigenvalue weighted by Crippen LogP contribution is -2.46. The van der Waals surface area contributed by atoms with Crippen molar-refractivity contribution >= 4 is 11.9 Å². The molecule has 4 fully saturated rings. The Morgan fingerprint density at radius 1 is 1.33 bits per heavy atom. The molecule has 0 aromatic rings. The monoisotopic (exact) mass is 294 g/mol. The molecule has 4 aliphatic rings. The van der Waals surface area contributed by atoms with Gasteiger partial charge in [0.1, 0.15) is 12.2 Å². The predicted octanol–water partition coefficient (Wildman–Crippen LogP) is 2.20. The first kappa shape index (κ1) is 14.6. The Morgan fingerprint density at radius 2 is 2.10 bits per heavy atom. The number of ether oxygens (including phenoxy) is 3. The summed E-state index contributed by atoms with van der Waals surface area (Å²) in [6.45, 7) is 6.85. The quantitative estimate of drug-likeness (QED) is 0.452. The van der Waals surface area contributed by atoms with Gasteiger partial charge in [-0.1, -0.05) is 6.58 Å². The highest BCUT2D eigenvalue weighted by atomic mass is 16.7. The summed E-state index contributed by atoms with van der Waals surface area (Å²) in [6, 6.07) is 0. The SMILES string of the molecule is C=C(C)C(=O)OC(C)OC1C2CC3CC(C2)C(=O)OC1C3. The molecule has 0 radical (unpaired) electrons. The first-order valence-electron chi connectivity index (χ1n) is 7.66. The third-order valence-corrected chi connectivity index (χ3v) is 4.81. The molecule has 21 heavy (non-hydrogen) atoms. The molecule has 4 rings (SSSR count). The van der Waals surface area contributed by atoms with E-state index in [-0.39, 0.29) is 24.1 Å². The summed E-state index contributed by atoms with van der Waals surface area (Å²) in [6.07, 6.45) is 2.72. The van der Waals surface area contributed by atoms with Gasteiger partial charge >= 0.3 is 11.9 Å². The minimum absolute atomic E-state index is 0.0284. The molecule has 4 bridgehead atoms. The smallest absolute Gasteiger partial charge is 0.335 e. The standard InChI is InChI=1S/C16H22O5/c1-8(2)15(17)20-9(3)19-14-11-4-10-5-12(7-11)16(18)21-13(14)6-10/h9-14H,1,4-7H2,2-3H3. The van der Waals surface area contributed by atoms with Crippen molar-refractivity contribution in [2.45, 2.75) is 58.0 Å². The van der Waals surface area contributed by atoms with Crippen LogP contribution in [-0.2, 0) is 23.8 Å². The van der Waals surface area contributed by atoms with Crippen molar-refractivity contribution in [3.63, 3.8) is 0 Å². The van der Waals surface area contributed by atoms with Crippen molar-refractivity contribution in [3.05, 3.63) is 12.2 Å². The number of carbonyl (C=O) groups is 2. The van der Waals surface area contributed by atoms with Gasteiger partial charge in [-0.25, -0.2) is 4.79 Å². The maximum atomic E-state index is 12.0. The molecule has 2 heterocycles. The number of fused-ring (bicyclic) bond motifs is 1. The van der Waals surface area contributed by atoms with Crippen molar-refractivity contribution in [2.24, 2.45) is 17.8 Å². The second-order valence-corrected chi connectivity index (χ2v) is 6.60. The molecule has 2 aliphatic carbocycles. The minimum atomic E-state index is -0.657. The van der Waals surface area contributed by atoms with E-state index in [1.807, 2.05) is 0 Å².